The van der Waals surface area contributed by atoms with Gasteiger partial charge in [-0.2, -0.15) is 0 Å². The number of halogens is 1. The lowest BCUT2D eigenvalue weighted by molar-refractivity contribution is -0.122. The zero-order valence-corrected chi connectivity index (χ0v) is 20.6. The fourth-order valence-electron chi connectivity index (χ4n) is 5.56. The van der Waals surface area contributed by atoms with Crippen LogP contribution >= 0.6 is 0 Å². The van der Waals surface area contributed by atoms with E-state index >= 15 is 0 Å². The normalized spacial score (nSPS) is 18.2. The van der Waals surface area contributed by atoms with Gasteiger partial charge in [0, 0.05) is 43.9 Å². The highest BCUT2D eigenvalue weighted by molar-refractivity contribution is 5.81. The van der Waals surface area contributed by atoms with Gasteiger partial charge in [-0.25, -0.2) is 4.39 Å². The van der Waals surface area contributed by atoms with Crippen molar-refractivity contribution >= 4 is 16.8 Å². The Bertz CT molecular complexity index is 1110. The van der Waals surface area contributed by atoms with Gasteiger partial charge in [-0.1, -0.05) is 30.7 Å². The van der Waals surface area contributed by atoms with Crippen LogP contribution in [-0.2, 0) is 17.8 Å². The maximum atomic E-state index is 13.1. The summed E-state index contributed by atoms with van der Waals surface area (Å²) < 4.78 is 15.6. The second-order valence-corrected chi connectivity index (χ2v) is 10.2. The highest BCUT2D eigenvalue weighted by Gasteiger charge is 2.21. The topological polar surface area (TPSA) is 40.5 Å². The van der Waals surface area contributed by atoms with Crippen LogP contribution in [0.3, 0.4) is 0 Å². The molecule has 186 valence electrons. The van der Waals surface area contributed by atoms with Crippen molar-refractivity contribution in [3.05, 3.63) is 71.7 Å². The molecule has 0 atom stereocenters. The first-order chi connectivity index (χ1) is 17.1. The lowest BCUT2D eigenvalue weighted by atomic mass is 10.0. The van der Waals surface area contributed by atoms with E-state index in [0.29, 0.717) is 19.1 Å². The number of hydrogen-bond donors (Lipinski definition) is 1. The number of likely N-dealkylation sites (tertiary alicyclic amines) is 2. The summed E-state index contributed by atoms with van der Waals surface area (Å²) >= 11 is 0. The van der Waals surface area contributed by atoms with Crippen LogP contribution in [0.4, 0.5) is 4.39 Å². The van der Waals surface area contributed by atoms with Gasteiger partial charge in [0.05, 0.1) is 6.54 Å². The Hall–Kier alpha value is -2.70. The first kappa shape index (κ1) is 24.0. The molecular formula is C29H37FN4O. The molecule has 2 saturated heterocycles. The van der Waals surface area contributed by atoms with Crippen LogP contribution in [0.5, 0.6) is 0 Å². The number of piperidine rings is 2. The summed E-state index contributed by atoms with van der Waals surface area (Å²) in [5.74, 6) is -0.0492. The summed E-state index contributed by atoms with van der Waals surface area (Å²) in [5, 5.41) is 4.38. The van der Waals surface area contributed by atoms with E-state index < -0.39 is 0 Å². The molecule has 0 bridgehead atoms. The molecule has 1 aromatic heterocycles. The van der Waals surface area contributed by atoms with E-state index in [9.17, 15) is 9.18 Å². The van der Waals surface area contributed by atoms with Crippen LogP contribution in [0.2, 0.25) is 0 Å². The van der Waals surface area contributed by atoms with Crippen LogP contribution in [0.1, 0.15) is 49.3 Å². The zero-order chi connectivity index (χ0) is 24.0. The fraction of sp³-hybridized carbons (Fsp3) is 0.483. The first-order valence-corrected chi connectivity index (χ1v) is 13.2. The van der Waals surface area contributed by atoms with Crippen molar-refractivity contribution in [1.29, 1.82) is 0 Å². The van der Waals surface area contributed by atoms with Crippen LogP contribution in [0.25, 0.3) is 10.9 Å². The van der Waals surface area contributed by atoms with E-state index in [1.807, 2.05) is 12.1 Å². The number of rotatable bonds is 8. The molecule has 5 rings (SSSR count). The van der Waals surface area contributed by atoms with Crippen molar-refractivity contribution in [3.8, 4) is 0 Å². The minimum atomic E-state index is -0.170. The molecule has 2 aromatic carbocycles. The van der Waals surface area contributed by atoms with Gasteiger partial charge < -0.3 is 14.8 Å². The van der Waals surface area contributed by atoms with Gasteiger partial charge in [0.1, 0.15) is 5.82 Å². The molecule has 0 radical (unpaired) electrons. The van der Waals surface area contributed by atoms with E-state index in [1.165, 1.54) is 35.7 Å². The Labute approximate surface area is 207 Å². The first-order valence-electron chi connectivity index (χ1n) is 13.2. The van der Waals surface area contributed by atoms with Crippen molar-refractivity contribution in [2.75, 3.05) is 39.3 Å². The summed E-state index contributed by atoms with van der Waals surface area (Å²) in [6.45, 7) is 6.35. The molecular weight excluding hydrogens is 439 g/mol. The molecule has 0 unspecified atom stereocenters. The van der Waals surface area contributed by atoms with Gasteiger partial charge in [0.2, 0.25) is 5.91 Å². The molecule has 2 fully saturated rings. The smallest absolute Gasteiger partial charge is 0.234 e. The number of nitrogens with one attached hydrogen (secondary N) is 1. The number of hydrogen-bond acceptors (Lipinski definition) is 3. The summed E-state index contributed by atoms with van der Waals surface area (Å²) in [7, 11) is 0. The van der Waals surface area contributed by atoms with Crippen LogP contribution in [0, 0.1) is 5.82 Å². The molecule has 1 amide bonds. The van der Waals surface area contributed by atoms with E-state index in [4.69, 9.17) is 0 Å². The van der Waals surface area contributed by atoms with Gasteiger partial charge in [-0.3, -0.25) is 9.69 Å². The minimum Gasteiger partial charge on any atom is -0.351 e. The lowest BCUT2D eigenvalue weighted by Gasteiger charge is -2.33. The minimum absolute atomic E-state index is 0.121. The maximum Gasteiger partial charge on any atom is 0.234 e. The van der Waals surface area contributed by atoms with Gasteiger partial charge in [0.25, 0.3) is 0 Å². The number of benzene rings is 2. The Balaban J connectivity index is 1.14. The predicted octanol–water partition coefficient (Wildman–Crippen LogP) is 4.76. The van der Waals surface area contributed by atoms with Crippen LogP contribution < -0.4 is 5.32 Å². The molecule has 0 aliphatic carbocycles. The number of aromatic nitrogens is 1. The van der Waals surface area contributed by atoms with Crippen molar-refractivity contribution < 1.29 is 9.18 Å². The van der Waals surface area contributed by atoms with E-state index in [-0.39, 0.29) is 11.7 Å². The van der Waals surface area contributed by atoms with E-state index in [1.54, 1.807) is 12.1 Å². The molecule has 35 heavy (non-hydrogen) atoms. The largest absolute Gasteiger partial charge is 0.351 e. The predicted molar refractivity (Wildman–Crippen MR) is 139 cm³/mol. The quantitative estimate of drug-likeness (QED) is 0.510. The Morgan fingerprint density at radius 2 is 1.63 bits per heavy atom. The fourth-order valence-corrected chi connectivity index (χ4v) is 5.56. The van der Waals surface area contributed by atoms with Gasteiger partial charge >= 0.3 is 0 Å². The maximum absolute atomic E-state index is 13.1. The van der Waals surface area contributed by atoms with Crippen LogP contribution in [-0.4, -0.2) is 59.5 Å². The van der Waals surface area contributed by atoms with Gasteiger partial charge in [-0.15, -0.1) is 0 Å². The molecule has 5 nitrogen and oxygen atoms in total. The molecule has 0 saturated carbocycles. The molecule has 1 N–H and O–H groups in total. The molecule has 3 aromatic rings. The van der Waals surface area contributed by atoms with E-state index in [2.05, 4.69) is 50.1 Å². The molecule has 6 heteroatoms. The number of amides is 1. The Morgan fingerprint density at radius 3 is 2.40 bits per heavy atom. The standard InChI is InChI=1S/C29H37FN4O/c30-26-8-5-23(6-9-26)10-16-32-17-12-27(13-18-32)34-19-11-25-7-4-24(20-28(25)34)21-31-29(35)22-33-14-2-1-3-15-33/h4-9,11,19-20,27H,1-3,10,12-18,21-22H2,(H,31,35). The molecule has 2 aliphatic rings. The Kier molecular flexibility index (Phi) is 7.79. The summed E-state index contributed by atoms with van der Waals surface area (Å²) in [6.07, 6.45) is 9.13. The summed E-state index contributed by atoms with van der Waals surface area (Å²) in [6, 6.07) is 16.1. The molecule has 2 aliphatic heterocycles. The van der Waals surface area contributed by atoms with Gasteiger partial charge in [0.15, 0.2) is 0 Å². The number of nitrogens with zero attached hydrogens (tertiary/aromatic N) is 3. The number of fused-ring (bicyclic) bond motifs is 1. The summed E-state index contributed by atoms with van der Waals surface area (Å²) in [5.41, 5.74) is 3.61. The third-order valence-electron chi connectivity index (χ3n) is 7.67. The monoisotopic (exact) mass is 476 g/mol. The third-order valence-corrected chi connectivity index (χ3v) is 7.67. The third kappa shape index (κ3) is 6.30. The van der Waals surface area contributed by atoms with Crippen molar-refractivity contribution in [2.45, 2.75) is 51.1 Å². The average molecular weight is 477 g/mol. The Morgan fingerprint density at radius 1 is 0.886 bits per heavy atom. The second kappa shape index (κ2) is 11.4. The lowest BCUT2D eigenvalue weighted by Crippen LogP contribution is -2.39. The number of carbonyl (C=O) groups is 1. The van der Waals surface area contributed by atoms with Gasteiger partial charge in [-0.05, 0) is 86.0 Å². The molecule has 0 spiro atoms. The zero-order valence-electron chi connectivity index (χ0n) is 20.6. The average Bonchev–Trinajstić information content (AvgIpc) is 3.31. The highest BCUT2D eigenvalue weighted by Crippen LogP contribution is 2.28. The SMILES string of the molecule is O=C(CN1CCCCC1)NCc1ccc2ccn(C3CCN(CCc4ccc(F)cc4)CC3)c2c1. The van der Waals surface area contributed by atoms with E-state index in [0.717, 1.165) is 57.5 Å². The van der Waals surface area contributed by atoms with Crippen molar-refractivity contribution in [3.63, 3.8) is 0 Å². The number of carbonyl (C=O) groups excluding carboxylic acids is 1. The second-order valence-electron chi connectivity index (χ2n) is 10.2. The van der Waals surface area contributed by atoms with Crippen LogP contribution in [0.15, 0.2) is 54.7 Å². The molecule has 3 heterocycles. The highest BCUT2D eigenvalue weighted by atomic mass is 19.1. The van der Waals surface area contributed by atoms with Crippen molar-refractivity contribution in [2.24, 2.45) is 0 Å². The van der Waals surface area contributed by atoms with Crippen molar-refractivity contribution in [1.82, 2.24) is 19.7 Å². The summed E-state index contributed by atoms with van der Waals surface area (Å²) in [4.78, 5) is 17.2.